The Labute approximate surface area is 261 Å². The SMILES string of the molecule is CCOC(=O)C1(O)CN(c2cc(Cl)ccc2C)C(C2CCCC(O[Si](c3ccccc3)(c3ccccc3)C(C)(C)C)C2)=N1. The number of aliphatic imine (C=N–C) groups is 1. The van der Waals surface area contributed by atoms with Crippen LogP contribution in [0.4, 0.5) is 5.69 Å². The van der Waals surface area contributed by atoms with Crippen molar-refractivity contribution in [3.8, 4) is 0 Å². The summed E-state index contributed by atoms with van der Waals surface area (Å²) in [5, 5.41) is 14.4. The van der Waals surface area contributed by atoms with E-state index >= 15 is 0 Å². The van der Waals surface area contributed by atoms with Crippen LogP contribution >= 0.6 is 11.6 Å². The molecule has 5 rings (SSSR count). The Balaban J connectivity index is 1.53. The van der Waals surface area contributed by atoms with Crippen molar-refractivity contribution in [1.29, 1.82) is 0 Å². The molecule has 1 N–H and O–H groups in total. The zero-order valence-corrected chi connectivity index (χ0v) is 27.6. The second-order valence-electron chi connectivity index (χ2n) is 12.8. The number of rotatable bonds is 8. The minimum absolute atomic E-state index is 0.0148. The molecule has 0 saturated heterocycles. The van der Waals surface area contributed by atoms with Gasteiger partial charge >= 0.3 is 5.97 Å². The summed E-state index contributed by atoms with van der Waals surface area (Å²) >= 11 is 6.43. The molecule has 3 unspecified atom stereocenters. The quantitative estimate of drug-likeness (QED) is 0.239. The Morgan fingerprint density at radius 3 is 2.26 bits per heavy atom. The van der Waals surface area contributed by atoms with Crippen LogP contribution in [-0.4, -0.2) is 50.2 Å². The summed E-state index contributed by atoms with van der Waals surface area (Å²) in [6.07, 6.45) is 3.48. The van der Waals surface area contributed by atoms with Crippen LogP contribution in [0.2, 0.25) is 10.1 Å². The monoisotopic (exact) mass is 618 g/mol. The third-order valence-electron chi connectivity index (χ3n) is 8.77. The van der Waals surface area contributed by atoms with Gasteiger partial charge in [-0.05, 0) is 66.2 Å². The average Bonchev–Trinajstić information content (AvgIpc) is 3.36. The van der Waals surface area contributed by atoms with Gasteiger partial charge in [0.2, 0.25) is 0 Å². The van der Waals surface area contributed by atoms with Gasteiger partial charge in [-0.3, -0.25) is 0 Å². The molecule has 3 atom stereocenters. The van der Waals surface area contributed by atoms with Crippen LogP contribution < -0.4 is 15.3 Å². The highest BCUT2D eigenvalue weighted by Gasteiger charge is 2.53. The first kappa shape index (κ1) is 31.5. The van der Waals surface area contributed by atoms with E-state index in [0.717, 1.165) is 36.9 Å². The van der Waals surface area contributed by atoms with Gasteiger partial charge in [0.25, 0.3) is 14.0 Å². The third kappa shape index (κ3) is 6.18. The molecule has 3 aromatic carbocycles. The van der Waals surface area contributed by atoms with E-state index in [1.54, 1.807) is 6.92 Å². The maximum atomic E-state index is 12.9. The lowest BCUT2D eigenvalue weighted by Crippen LogP contribution is -2.68. The number of hydrogen-bond donors (Lipinski definition) is 1. The first-order valence-electron chi connectivity index (χ1n) is 15.3. The maximum Gasteiger partial charge on any atom is 0.363 e. The maximum absolute atomic E-state index is 12.9. The van der Waals surface area contributed by atoms with E-state index in [1.807, 2.05) is 30.0 Å². The smallest absolute Gasteiger partial charge is 0.363 e. The molecular weight excluding hydrogens is 576 g/mol. The highest BCUT2D eigenvalue weighted by molar-refractivity contribution is 6.99. The van der Waals surface area contributed by atoms with Crippen molar-refractivity contribution in [2.45, 2.75) is 77.2 Å². The van der Waals surface area contributed by atoms with Crippen molar-refractivity contribution in [1.82, 2.24) is 0 Å². The Kier molecular flexibility index (Phi) is 9.19. The van der Waals surface area contributed by atoms with E-state index in [9.17, 15) is 9.90 Å². The van der Waals surface area contributed by atoms with Crippen LogP contribution in [0.1, 0.15) is 58.9 Å². The van der Waals surface area contributed by atoms with E-state index in [-0.39, 0.29) is 30.2 Å². The van der Waals surface area contributed by atoms with Gasteiger partial charge in [0.1, 0.15) is 5.84 Å². The first-order chi connectivity index (χ1) is 20.5. The largest absolute Gasteiger partial charge is 0.462 e. The highest BCUT2D eigenvalue weighted by Crippen LogP contribution is 2.42. The Hall–Kier alpha value is -2.97. The lowest BCUT2D eigenvalue weighted by molar-refractivity contribution is -0.162. The zero-order chi connectivity index (χ0) is 30.8. The molecule has 0 bridgehead atoms. The van der Waals surface area contributed by atoms with Crippen molar-refractivity contribution in [3.63, 3.8) is 0 Å². The van der Waals surface area contributed by atoms with E-state index in [2.05, 4.69) is 81.4 Å². The van der Waals surface area contributed by atoms with Gasteiger partial charge in [0.15, 0.2) is 0 Å². The Morgan fingerprint density at radius 2 is 1.67 bits per heavy atom. The predicted molar refractivity (Wildman–Crippen MR) is 177 cm³/mol. The second kappa shape index (κ2) is 12.6. The molecule has 0 spiro atoms. The van der Waals surface area contributed by atoms with Crippen molar-refractivity contribution >= 4 is 47.8 Å². The van der Waals surface area contributed by atoms with Crippen LogP contribution in [0.25, 0.3) is 0 Å². The fraction of sp³-hybridized carbons (Fsp3) is 0.429. The molecule has 43 heavy (non-hydrogen) atoms. The molecule has 2 aliphatic rings. The highest BCUT2D eigenvalue weighted by atomic mass is 35.5. The number of β-amino-alcohol motifs (C(OH)–C–C–N with tert-alkyl or cyclic N) is 1. The molecule has 8 heteroatoms. The lowest BCUT2D eigenvalue weighted by atomic mass is 9.86. The second-order valence-corrected chi connectivity index (χ2v) is 17.5. The Bertz CT molecular complexity index is 1420. The number of aliphatic hydroxyl groups is 1. The van der Waals surface area contributed by atoms with Crippen molar-refractivity contribution in [2.24, 2.45) is 10.9 Å². The molecule has 1 saturated carbocycles. The molecule has 1 heterocycles. The summed E-state index contributed by atoms with van der Waals surface area (Å²) in [4.78, 5) is 19.6. The molecule has 0 radical (unpaired) electrons. The number of esters is 1. The van der Waals surface area contributed by atoms with Gasteiger partial charge in [-0.15, -0.1) is 0 Å². The van der Waals surface area contributed by atoms with Crippen LogP contribution in [-0.2, 0) is 14.0 Å². The predicted octanol–water partition coefficient (Wildman–Crippen LogP) is 6.25. The minimum Gasteiger partial charge on any atom is -0.462 e. The summed E-state index contributed by atoms with van der Waals surface area (Å²) in [7, 11) is -2.75. The third-order valence-corrected chi connectivity index (χ3v) is 14.1. The molecule has 1 fully saturated rings. The molecule has 1 aliphatic heterocycles. The summed E-state index contributed by atoms with van der Waals surface area (Å²) in [5.41, 5.74) is -0.158. The fourth-order valence-corrected chi connectivity index (χ4v) is 11.7. The minimum atomic E-state index is -2.75. The Morgan fingerprint density at radius 1 is 1.05 bits per heavy atom. The van der Waals surface area contributed by atoms with E-state index in [4.69, 9.17) is 25.8 Å². The molecular formula is C35H43ClN2O4Si. The summed E-state index contributed by atoms with van der Waals surface area (Å²) < 4.78 is 12.8. The van der Waals surface area contributed by atoms with E-state index < -0.39 is 20.0 Å². The van der Waals surface area contributed by atoms with Crippen molar-refractivity contribution in [3.05, 3.63) is 89.4 Å². The van der Waals surface area contributed by atoms with Gasteiger partial charge in [-0.25, -0.2) is 9.79 Å². The van der Waals surface area contributed by atoms with Crippen LogP contribution in [0.3, 0.4) is 0 Å². The van der Waals surface area contributed by atoms with E-state index in [1.165, 1.54) is 10.4 Å². The normalized spacial score (nSPS) is 22.8. The van der Waals surface area contributed by atoms with Crippen LogP contribution in [0.15, 0.2) is 83.9 Å². The number of halogens is 1. The summed E-state index contributed by atoms with van der Waals surface area (Å²) in [5.74, 6) is -0.0546. The number of nitrogens with zero attached hydrogens (tertiary/aromatic N) is 2. The van der Waals surface area contributed by atoms with Gasteiger partial charge in [-0.2, -0.15) is 0 Å². The molecule has 1 aliphatic carbocycles. The number of anilines is 1. The number of carbonyl (C=O) groups excluding carboxylic acids is 1. The van der Waals surface area contributed by atoms with Gasteiger partial charge in [-0.1, -0.05) is 106 Å². The van der Waals surface area contributed by atoms with Crippen molar-refractivity contribution in [2.75, 3.05) is 18.1 Å². The van der Waals surface area contributed by atoms with Crippen molar-refractivity contribution < 1.29 is 19.1 Å². The number of aryl methyl sites for hydroxylation is 1. The number of carbonyl (C=O) groups is 1. The fourth-order valence-electron chi connectivity index (χ4n) is 6.76. The number of amidine groups is 1. The lowest BCUT2D eigenvalue weighted by Gasteiger charge is -2.46. The molecule has 3 aromatic rings. The molecule has 228 valence electrons. The number of ether oxygens (including phenoxy) is 1. The molecule has 6 nitrogen and oxygen atoms in total. The van der Waals surface area contributed by atoms with Gasteiger partial charge < -0.3 is 19.2 Å². The first-order valence-corrected chi connectivity index (χ1v) is 17.6. The number of hydrogen-bond acceptors (Lipinski definition) is 6. The van der Waals surface area contributed by atoms with Gasteiger partial charge in [0, 0.05) is 22.7 Å². The molecule has 0 aromatic heterocycles. The van der Waals surface area contributed by atoms with Gasteiger partial charge in [0.05, 0.1) is 13.2 Å². The zero-order valence-electron chi connectivity index (χ0n) is 25.8. The summed E-state index contributed by atoms with van der Waals surface area (Å²) in [6.45, 7) is 10.8. The van der Waals surface area contributed by atoms with Crippen LogP contribution in [0, 0.1) is 12.8 Å². The van der Waals surface area contributed by atoms with E-state index in [0.29, 0.717) is 10.9 Å². The summed E-state index contributed by atoms with van der Waals surface area (Å²) in [6, 6.07) is 27.1. The topological polar surface area (TPSA) is 71.4 Å². The number of benzene rings is 3. The standard InChI is InChI=1S/C35H43ClN2O4Si/c1-6-41-33(39)35(40)24-38(31-23-27(36)21-20-25(31)2)32(37-35)26-14-13-15-28(22-26)42-43(34(3,4)5,29-16-9-7-10-17-29)30-18-11-8-12-19-30/h7-12,16-21,23,26,28,40H,6,13-15,22,24H2,1-5H3. The average molecular weight is 619 g/mol. The van der Waals surface area contributed by atoms with Crippen LogP contribution in [0.5, 0.6) is 0 Å². The molecule has 0 amide bonds.